The van der Waals surface area contributed by atoms with Gasteiger partial charge in [0.2, 0.25) is 0 Å². The summed E-state index contributed by atoms with van der Waals surface area (Å²) in [7, 11) is 0. The molecule has 0 atom stereocenters. The Morgan fingerprint density at radius 1 is 1.14 bits per heavy atom. The average molecular weight is 291 g/mol. The van der Waals surface area contributed by atoms with Crippen molar-refractivity contribution < 1.29 is 9.18 Å². The molecule has 5 heteroatoms. The van der Waals surface area contributed by atoms with Crippen LogP contribution in [0.2, 0.25) is 0 Å². The van der Waals surface area contributed by atoms with Crippen molar-refractivity contribution >= 4 is 11.7 Å². The molecule has 0 bridgehead atoms. The molecule has 21 heavy (non-hydrogen) atoms. The summed E-state index contributed by atoms with van der Waals surface area (Å²) in [5.41, 5.74) is 0.894. The van der Waals surface area contributed by atoms with Crippen LogP contribution in [0.1, 0.15) is 25.7 Å². The standard InChI is InChI=1S/C16H22FN3O/c17-13-4-3-7-15(12-13)19-8-10-20(11-9-19)16(21)18-14-5-1-2-6-14/h3-4,7,12,14H,1-2,5-6,8-11H2,(H,18,21). The predicted molar refractivity (Wildman–Crippen MR) is 81.0 cm³/mol. The van der Waals surface area contributed by atoms with E-state index in [1.54, 1.807) is 12.1 Å². The van der Waals surface area contributed by atoms with Gasteiger partial charge in [0.25, 0.3) is 0 Å². The van der Waals surface area contributed by atoms with Crippen LogP contribution in [0.15, 0.2) is 24.3 Å². The Morgan fingerprint density at radius 2 is 1.86 bits per heavy atom. The molecule has 4 nitrogen and oxygen atoms in total. The van der Waals surface area contributed by atoms with Crippen molar-refractivity contribution in [2.45, 2.75) is 31.7 Å². The fraction of sp³-hybridized carbons (Fsp3) is 0.562. The SMILES string of the molecule is O=C(NC1CCCC1)N1CCN(c2cccc(F)c2)CC1. The van der Waals surface area contributed by atoms with Crippen LogP contribution < -0.4 is 10.2 Å². The number of carbonyl (C=O) groups excluding carboxylic acids is 1. The van der Waals surface area contributed by atoms with E-state index in [0.717, 1.165) is 31.6 Å². The molecule has 1 heterocycles. The molecule has 1 aromatic carbocycles. The molecule has 1 aromatic rings. The zero-order chi connectivity index (χ0) is 14.7. The third-order valence-electron chi connectivity index (χ3n) is 4.42. The number of hydrogen-bond donors (Lipinski definition) is 1. The normalized spacial score (nSPS) is 19.9. The summed E-state index contributed by atoms with van der Waals surface area (Å²) < 4.78 is 13.3. The summed E-state index contributed by atoms with van der Waals surface area (Å²) in [4.78, 5) is 16.2. The second kappa shape index (κ2) is 6.33. The lowest BCUT2D eigenvalue weighted by Crippen LogP contribution is -2.53. The van der Waals surface area contributed by atoms with Crippen molar-refractivity contribution in [2.24, 2.45) is 0 Å². The van der Waals surface area contributed by atoms with Crippen LogP contribution in [0.25, 0.3) is 0 Å². The highest BCUT2D eigenvalue weighted by atomic mass is 19.1. The van der Waals surface area contributed by atoms with Crippen LogP contribution in [-0.4, -0.2) is 43.2 Å². The molecule has 1 saturated heterocycles. The number of anilines is 1. The monoisotopic (exact) mass is 291 g/mol. The lowest BCUT2D eigenvalue weighted by Gasteiger charge is -2.36. The van der Waals surface area contributed by atoms with E-state index in [1.807, 2.05) is 11.0 Å². The number of benzene rings is 1. The van der Waals surface area contributed by atoms with E-state index in [9.17, 15) is 9.18 Å². The molecular weight excluding hydrogens is 269 g/mol. The van der Waals surface area contributed by atoms with Gasteiger partial charge in [-0.3, -0.25) is 0 Å². The number of carbonyl (C=O) groups is 1. The Kier molecular flexibility index (Phi) is 4.27. The van der Waals surface area contributed by atoms with E-state index in [1.165, 1.54) is 18.9 Å². The van der Waals surface area contributed by atoms with E-state index in [-0.39, 0.29) is 11.8 Å². The summed E-state index contributed by atoms with van der Waals surface area (Å²) in [5.74, 6) is -0.214. The quantitative estimate of drug-likeness (QED) is 0.909. The third-order valence-corrected chi connectivity index (χ3v) is 4.42. The van der Waals surface area contributed by atoms with Gasteiger partial charge in [0, 0.05) is 37.9 Å². The Bertz CT molecular complexity index is 494. The molecule has 0 spiro atoms. The molecule has 2 aliphatic rings. The van der Waals surface area contributed by atoms with Crippen LogP contribution in [0.3, 0.4) is 0 Å². The Balaban J connectivity index is 1.51. The highest BCUT2D eigenvalue weighted by molar-refractivity contribution is 5.75. The van der Waals surface area contributed by atoms with Gasteiger partial charge in [-0.1, -0.05) is 18.9 Å². The zero-order valence-electron chi connectivity index (χ0n) is 12.2. The first-order valence-corrected chi connectivity index (χ1v) is 7.78. The maximum Gasteiger partial charge on any atom is 0.317 e. The maximum atomic E-state index is 13.3. The first kappa shape index (κ1) is 14.2. The van der Waals surface area contributed by atoms with Gasteiger partial charge in [-0.15, -0.1) is 0 Å². The van der Waals surface area contributed by atoms with Gasteiger partial charge < -0.3 is 15.1 Å². The number of nitrogens with one attached hydrogen (secondary N) is 1. The van der Waals surface area contributed by atoms with Crippen molar-refractivity contribution in [1.29, 1.82) is 0 Å². The second-order valence-electron chi connectivity index (χ2n) is 5.88. The van der Waals surface area contributed by atoms with Gasteiger partial charge in [-0.2, -0.15) is 0 Å². The number of halogens is 1. The number of urea groups is 1. The predicted octanol–water partition coefficient (Wildman–Crippen LogP) is 2.60. The first-order chi connectivity index (χ1) is 10.2. The van der Waals surface area contributed by atoms with Gasteiger partial charge in [0.05, 0.1) is 0 Å². The number of amides is 2. The number of piperazine rings is 1. The van der Waals surface area contributed by atoms with Crippen LogP contribution in [0.4, 0.5) is 14.9 Å². The third kappa shape index (κ3) is 3.46. The van der Waals surface area contributed by atoms with Crippen LogP contribution >= 0.6 is 0 Å². The molecule has 0 aromatic heterocycles. The van der Waals surface area contributed by atoms with Gasteiger partial charge in [-0.25, -0.2) is 9.18 Å². The molecule has 0 radical (unpaired) electrons. The average Bonchev–Trinajstić information content (AvgIpc) is 3.00. The van der Waals surface area contributed by atoms with Crippen molar-refractivity contribution in [3.05, 3.63) is 30.1 Å². The van der Waals surface area contributed by atoms with Gasteiger partial charge in [-0.05, 0) is 31.0 Å². The summed E-state index contributed by atoms with van der Waals surface area (Å²) >= 11 is 0. The Morgan fingerprint density at radius 3 is 2.52 bits per heavy atom. The molecule has 1 aliphatic carbocycles. The number of rotatable bonds is 2. The fourth-order valence-corrected chi connectivity index (χ4v) is 3.18. The van der Waals surface area contributed by atoms with Crippen LogP contribution in [0.5, 0.6) is 0 Å². The summed E-state index contributed by atoms with van der Waals surface area (Å²) in [5, 5.41) is 3.12. The minimum atomic E-state index is -0.214. The first-order valence-electron chi connectivity index (χ1n) is 7.78. The minimum absolute atomic E-state index is 0.0563. The van der Waals surface area contributed by atoms with Crippen molar-refractivity contribution in [3.8, 4) is 0 Å². The largest absolute Gasteiger partial charge is 0.368 e. The number of hydrogen-bond acceptors (Lipinski definition) is 2. The van der Waals surface area contributed by atoms with E-state index < -0.39 is 0 Å². The van der Waals surface area contributed by atoms with Gasteiger partial charge in [0.15, 0.2) is 0 Å². The van der Waals surface area contributed by atoms with E-state index in [0.29, 0.717) is 19.1 Å². The van der Waals surface area contributed by atoms with Crippen molar-refractivity contribution in [3.63, 3.8) is 0 Å². The summed E-state index contributed by atoms with van der Waals surface area (Å²) in [6, 6.07) is 7.06. The smallest absolute Gasteiger partial charge is 0.317 e. The Labute approximate surface area is 124 Å². The van der Waals surface area contributed by atoms with E-state index >= 15 is 0 Å². The summed E-state index contributed by atoms with van der Waals surface area (Å²) in [6.07, 6.45) is 4.65. The highest BCUT2D eigenvalue weighted by Crippen LogP contribution is 2.19. The topological polar surface area (TPSA) is 35.6 Å². The van der Waals surface area contributed by atoms with Crippen LogP contribution in [0, 0.1) is 5.82 Å². The summed E-state index contributed by atoms with van der Waals surface area (Å²) in [6.45, 7) is 2.88. The maximum absolute atomic E-state index is 13.3. The van der Waals surface area contributed by atoms with Crippen molar-refractivity contribution in [1.82, 2.24) is 10.2 Å². The van der Waals surface area contributed by atoms with Gasteiger partial charge in [0.1, 0.15) is 5.82 Å². The van der Waals surface area contributed by atoms with E-state index in [4.69, 9.17) is 0 Å². The van der Waals surface area contributed by atoms with Gasteiger partial charge >= 0.3 is 6.03 Å². The molecular formula is C16H22FN3O. The minimum Gasteiger partial charge on any atom is -0.368 e. The molecule has 2 amide bonds. The number of nitrogens with zero attached hydrogens (tertiary/aromatic N) is 2. The van der Waals surface area contributed by atoms with Crippen molar-refractivity contribution in [2.75, 3.05) is 31.1 Å². The molecule has 1 saturated carbocycles. The molecule has 0 unspecified atom stereocenters. The molecule has 3 rings (SSSR count). The van der Waals surface area contributed by atoms with Crippen LogP contribution in [-0.2, 0) is 0 Å². The molecule has 114 valence electrons. The Hall–Kier alpha value is -1.78. The molecule has 2 fully saturated rings. The molecule has 1 aliphatic heterocycles. The lowest BCUT2D eigenvalue weighted by atomic mass is 10.2. The molecule has 1 N–H and O–H groups in total. The highest BCUT2D eigenvalue weighted by Gasteiger charge is 2.24. The fourth-order valence-electron chi connectivity index (χ4n) is 3.18. The zero-order valence-corrected chi connectivity index (χ0v) is 12.2. The lowest BCUT2D eigenvalue weighted by molar-refractivity contribution is 0.190. The van der Waals surface area contributed by atoms with E-state index in [2.05, 4.69) is 10.2 Å². The second-order valence-corrected chi connectivity index (χ2v) is 5.88.